The SMILES string of the molecule is Cc1nc2c(cc1OCCOC1CCCCO1)CC1CN(C(=O)OC(C)(C)C)C[C@@H](C)N21. The fourth-order valence-electron chi connectivity index (χ4n) is 4.76. The van der Waals surface area contributed by atoms with Gasteiger partial charge in [0, 0.05) is 31.3 Å². The molecule has 2 unspecified atom stereocenters. The molecule has 1 aromatic heterocycles. The zero-order chi connectivity index (χ0) is 22.9. The summed E-state index contributed by atoms with van der Waals surface area (Å²) >= 11 is 0. The maximum atomic E-state index is 12.6. The van der Waals surface area contributed by atoms with Crippen LogP contribution in [-0.4, -0.2) is 72.9 Å². The van der Waals surface area contributed by atoms with E-state index in [4.69, 9.17) is 23.9 Å². The number of nitrogens with zero attached hydrogens (tertiary/aromatic N) is 3. The lowest BCUT2D eigenvalue weighted by Crippen LogP contribution is -2.58. The summed E-state index contributed by atoms with van der Waals surface area (Å²) in [7, 11) is 0. The normalized spacial score (nSPS) is 25.3. The number of piperazine rings is 1. The van der Waals surface area contributed by atoms with Gasteiger partial charge in [0.15, 0.2) is 6.29 Å². The molecule has 3 aliphatic heterocycles. The molecular formula is C24H37N3O5. The molecule has 1 aromatic rings. The highest BCUT2D eigenvalue weighted by Gasteiger charge is 2.41. The summed E-state index contributed by atoms with van der Waals surface area (Å²) in [6.45, 7) is 12.8. The Morgan fingerprint density at radius 1 is 1.25 bits per heavy atom. The Balaban J connectivity index is 1.36. The standard InChI is InChI=1S/C24H37N3O5/c1-16-14-26(23(28)32-24(3,4)5)15-19-12-18-13-20(17(2)25-22(18)27(16)19)29-10-11-31-21-8-6-7-9-30-21/h13,16,19,21H,6-12,14-15H2,1-5H3/t16-,19?,21?/m1/s1. The van der Waals surface area contributed by atoms with Crippen molar-refractivity contribution in [2.75, 3.05) is 37.8 Å². The molecule has 32 heavy (non-hydrogen) atoms. The van der Waals surface area contributed by atoms with Crippen molar-refractivity contribution in [1.29, 1.82) is 0 Å². The van der Waals surface area contributed by atoms with Gasteiger partial charge in [-0.15, -0.1) is 0 Å². The van der Waals surface area contributed by atoms with Crippen LogP contribution in [0.4, 0.5) is 10.6 Å². The lowest BCUT2D eigenvalue weighted by Gasteiger charge is -2.43. The first-order valence-electron chi connectivity index (χ1n) is 11.8. The van der Waals surface area contributed by atoms with Crippen molar-refractivity contribution < 1.29 is 23.7 Å². The molecule has 8 heteroatoms. The Labute approximate surface area is 191 Å². The van der Waals surface area contributed by atoms with E-state index >= 15 is 0 Å². The first-order chi connectivity index (χ1) is 15.2. The number of aryl methyl sites for hydroxylation is 1. The van der Waals surface area contributed by atoms with Crippen LogP contribution in [0.2, 0.25) is 0 Å². The lowest BCUT2D eigenvalue weighted by molar-refractivity contribution is -0.165. The quantitative estimate of drug-likeness (QED) is 0.638. The second-order valence-corrected chi connectivity index (χ2v) is 10.1. The molecule has 0 radical (unpaired) electrons. The lowest BCUT2D eigenvalue weighted by atomic mass is 10.1. The van der Waals surface area contributed by atoms with Crippen molar-refractivity contribution in [3.63, 3.8) is 0 Å². The van der Waals surface area contributed by atoms with Crippen LogP contribution in [0.3, 0.4) is 0 Å². The van der Waals surface area contributed by atoms with Crippen LogP contribution >= 0.6 is 0 Å². The number of pyridine rings is 1. The Morgan fingerprint density at radius 2 is 2.06 bits per heavy atom. The number of anilines is 1. The van der Waals surface area contributed by atoms with E-state index in [9.17, 15) is 4.79 Å². The first kappa shape index (κ1) is 23.1. The van der Waals surface area contributed by atoms with Gasteiger partial charge in [-0.05, 0) is 66.4 Å². The summed E-state index contributed by atoms with van der Waals surface area (Å²) in [5.41, 5.74) is 1.55. The molecule has 0 aliphatic carbocycles. The molecular weight excluding hydrogens is 410 g/mol. The zero-order valence-electron chi connectivity index (χ0n) is 20.1. The minimum atomic E-state index is -0.492. The third kappa shape index (κ3) is 5.29. The Hall–Kier alpha value is -2.06. The van der Waals surface area contributed by atoms with Gasteiger partial charge in [0.2, 0.25) is 0 Å². The molecule has 4 heterocycles. The average Bonchev–Trinajstić information content (AvgIpc) is 3.08. The fraction of sp³-hybridized carbons (Fsp3) is 0.750. The molecule has 3 atom stereocenters. The van der Waals surface area contributed by atoms with E-state index in [1.165, 1.54) is 5.56 Å². The molecule has 3 aliphatic rings. The van der Waals surface area contributed by atoms with Gasteiger partial charge >= 0.3 is 6.09 Å². The Morgan fingerprint density at radius 3 is 2.78 bits per heavy atom. The van der Waals surface area contributed by atoms with Crippen molar-refractivity contribution in [2.24, 2.45) is 0 Å². The van der Waals surface area contributed by atoms with Crippen LogP contribution in [0, 0.1) is 6.92 Å². The van der Waals surface area contributed by atoms with Crippen LogP contribution in [0.15, 0.2) is 6.07 Å². The number of ether oxygens (including phenoxy) is 4. The molecule has 0 N–H and O–H groups in total. The predicted octanol–water partition coefficient (Wildman–Crippen LogP) is 3.68. The number of hydrogen-bond donors (Lipinski definition) is 0. The molecule has 8 nitrogen and oxygen atoms in total. The summed E-state index contributed by atoms with van der Waals surface area (Å²) in [6.07, 6.45) is 3.72. The van der Waals surface area contributed by atoms with Crippen molar-refractivity contribution in [2.45, 2.75) is 84.3 Å². The fourth-order valence-corrected chi connectivity index (χ4v) is 4.76. The molecule has 1 amide bonds. The van der Waals surface area contributed by atoms with Crippen LogP contribution in [0.25, 0.3) is 0 Å². The highest BCUT2D eigenvalue weighted by molar-refractivity contribution is 5.70. The van der Waals surface area contributed by atoms with E-state index in [0.29, 0.717) is 26.3 Å². The van der Waals surface area contributed by atoms with E-state index in [1.54, 1.807) is 0 Å². The topological polar surface area (TPSA) is 73.4 Å². The largest absolute Gasteiger partial charge is 0.489 e. The van der Waals surface area contributed by atoms with Crippen molar-refractivity contribution in [3.8, 4) is 5.75 Å². The maximum Gasteiger partial charge on any atom is 0.410 e. The Kier molecular flexibility index (Phi) is 6.81. The van der Waals surface area contributed by atoms with Gasteiger partial charge < -0.3 is 28.7 Å². The smallest absolute Gasteiger partial charge is 0.410 e. The van der Waals surface area contributed by atoms with Crippen molar-refractivity contribution in [3.05, 3.63) is 17.3 Å². The summed E-state index contributed by atoms with van der Waals surface area (Å²) < 4.78 is 23.0. The number of fused-ring (bicyclic) bond motifs is 3. The first-order valence-corrected chi connectivity index (χ1v) is 11.8. The Bertz CT molecular complexity index is 819. The number of hydrogen-bond acceptors (Lipinski definition) is 7. The predicted molar refractivity (Wildman–Crippen MR) is 121 cm³/mol. The second-order valence-electron chi connectivity index (χ2n) is 10.1. The van der Waals surface area contributed by atoms with E-state index < -0.39 is 5.60 Å². The zero-order valence-corrected chi connectivity index (χ0v) is 20.1. The van der Waals surface area contributed by atoms with Gasteiger partial charge in [-0.1, -0.05) is 0 Å². The third-order valence-corrected chi connectivity index (χ3v) is 6.14. The van der Waals surface area contributed by atoms with Gasteiger partial charge in [-0.3, -0.25) is 0 Å². The van der Waals surface area contributed by atoms with Gasteiger partial charge in [0.05, 0.1) is 18.3 Å². The van der Waals surface area contributed by atoms with Crippen LogP contribution in [-0.2, 0) is 20.6 Å². The summed E-state index contributed by atoms with van der Waals surface area (Å²) in [5.74, 6) is 1.82. The third-order valence-electron chi connectivity index (χ3n) is 6.14. The van der Waals surface area contributed by atoms with Crippen LogP contribution in [0.1, 0.15) is 58.2 Å². The molecule has 2 saturated heterocycles. The highest BCUT2D eigenvalue weighted by atomic mass is 16.7. The van der Waals surface area contributed by atoms with Crippen LogP contribution in [0.5, 0.6) is 5.75 Å². The van der Waals surface area contributed by atoms with Gasteiger partial charge in [-0.25, -0.2) is 9.78 Å². The molecule has 178 valence electrons. The molecule has 0 spiro atoms. The monoisotopic (exact) mass is 447 g/mol. The molecule has 0 aromatic carbocycles. The van der Waals surface area contributed by atoms with Gasteiger partial charge in [-0.2, -0.15) is 0 Å². The summed E-state index contributed by atoms with van der Waals surface area (Å²) in [6, 6.07) is 2.48. The maximum absolute atomic E-state index is 12.6. The number of rotatable bonds is 5. The number of carbonyl (C=O) groups excluding carboxylic acids is 1. The van der Waals surface area contributed by atoms with Crippen LogP contribution < -0.4 is 9.64 Å². The highest BCUT2D eigenvalue weighted by Crippen LogP contribution is 2.38. The van der Waals surface area contributed by atoms with Gasteiger partial charge in [0.1, 0.15) is 23.8 Å². The van der Waals surface area contributed by atoms with Crippen molar-refractivity contribution >= 4 is 11.9 Å². The van der Waals surface area contributed by atoms with E-state index in [2.05, 4.69) is 17.9 Å². The minimum absolute atomic E-state index is 0.100. The summed E-state index contributed by atoms with van der Waals surface area (Å²) in [5, 5.41) is 0. The van der Waals surface area contributed by atoms with E-state index in [0.717, 1.165) is 49.6 Å². The minimum Gasteiger partial charge on any atom is -0.489 e. The number of carbonyl (C=O) groups is 1. The summed E-state index contributed by atoms with van der Waals surface area (Å²) in [4.78, 5) is 21.7. The second kappa shape index (κ2) is 9.43. The van der Waals surface area contributed by atoms with E-state index in [-0.39, 0.29) is 24.5 Å². The molecule has 0 bridgehead atoms. The molecule has 2 fully saturated rings. The van der Waals surface area contributed by atoms with Gasteiger partial charge in [0.25, 0.3) is 0 Å². The average molecular weight is 448 g/mol. The number of aromatic nitrogens is 1. The van der Waals surface area contributed by atoms with Crippen molar-refractivity contribution in [1.82, 2.24) is 9.88 Å². The molecule has 0 saturated carbocycles. The molecule has 4 rings (SSSR count). The number of amides is 1. The van der Waals surface area contributed by atoms with E-state index in [1.807, 2.05) is 32.6 Å².